The van der Waals surface area contributed by atoms with Crippen molar-refractivity contribution in [1.82, 2.24) is 15.1 Å². The number of carbonyl (C=O) groups is 5. The third-order valence-electron chi connectivity index (χ3n) is 5.04. The van der Waals surface area contributed by atoms with Gasteiger partial charge in [-0.2, -0.15) is 0 Å². The predicted molar refractivity (Wildman–Crippen MR) is 104 cm³/mol. The maximum Gasteiger partial charge on any atom is 0.334 e. The van der Waals surface area contributed by atoms with E-state index in [0.29, 0.717) is 10.5 Å². The Labute approximate surface area is 168 Å². The summed E-state index contributed by atoms with van der Waals surface area (Å²) in [6, 6.07) is 5.32. The lowest BCUT2D eigenvalue weighted by molar-refractivity contribution is -0.144. The Morgan fingerprint density at radius 3 is 2.34 bits per heavy atom. The van der Waals surface area contributed by atoms with Crippen LogP contribution in [0.3, 0.4) is 0 Å². The van der Waals surface area contributed by atoms with Gasteiger partial charge in [-0.1, -0.05) is 25.0 Å². The van der Waals surface area contributed by atoms with Crippen LogP contribution in [0.15, 0.2) is 24.3 Å². The molecule has 1 aliphatic heterocycles. The van der Waals surface area contributed by atoms with Crippen molar-refractivity contribution in [2.75, 3.05) is 11.9 Å². The number of para-hydroxylation sites is 1. The molecule has 6 amide bonds. The van der Waals surface area contributed by atoms with Gasteiger partial charge in [0.05, 0.1) is 11.3 Å². The number of urea groups is 1. The van der Waals surface area contributed by atoms with Crippen molar-refractivity contribution < 1.29 is 24.0 Å². The molecule has 9 heteroatoms. The standard InChI is InChI=1S/C20H24N4O5/c1-12(2)24-19(28)18(27)23(20(24)29)11-16(25)22-15-10-6-5-9-14(15)17(26)21-13-7-3-4-8-13/h5-6,9-10,12-13H,3-4,7-8,11H2,1-2H3,(H,21,26)(H,22,25). The molecule has 154 valence electrons. The summed E-state index contributed by atoms with van der Waals surface area (Å²) >= 11 is 0. The Hall–Kier alpha value is -3.23. The second kappa shape index (κ2) is 8.42. The first kappa shape index (κ1) is 20.5. The molecule has 9 nitrogen and oxygen atoms in total. The van der Waals surface area contributed by atoms with Gasteiger partial charge in [0.1, 0.15) is 6.54 Å². The molecule has 1 saturated heterocycles. The van der Waals surface area contributed by atoms with E-state index in [-0.39, 0.29) is 17.6 Å². The molecule has 0 unspecified atom stereocenters. The average molecular weight is 400 g/mol. The fourth-order valence-corrected chi connectivity index (χ4v) is 3.57. The Balaban J connectivity index is 1.68. The zero-order chi connectivity index (χ0) is 21.1. The first-order chi connectivity index (χ1) is 13.8. The van der Waals surface area contributed by atoms with Crippen LogP contribution < -0.4 is 10.6 Å². The number of imide groups is 2. The number of hydrogen-bond acceptors (Lipinski definition) is 5. The van der Waals surface area contributed by atoms with Crippen LogP contribution in [0.1, 0.15) is 49.9 Å². The Morgan fingerprint density at radius 1 is 1.07 bits per heavy atom. The molecular formula is C20H24N4O5. The number of amides is 6. The average Bonchev–Trinajstić information content (AvgIpc) is 3.24. The van der Waals surface area contributed by atoms with Gasteiger partial charge in [0.2, 0.25) is 5.91 Å². The third-order valence-corrected chi connectivity index (χ3v) is 5.04. The van der Waals surface area contributed by atoms with E-state index in [4.69, 9.17) is 0 Å². The number of anilines is 1. The van der Waals surface area contributed by atoms with Crippen LogP contribution in [0.25, 0.3) is 0 Å². The highest BCUT2D eigenvalue weighted by Gasteiger charge is 2.46. The van der Waals surface area contributed by atoms with Crippen LogP contribution in [0.4, 0.5) is 10.5 Å². The molecule has 3 rings (SSSR count). The molecule has 1 heterocycles. The number of nitrogens with zero attached hydrogens (tertiary/aromatic N) is 2. The highest BCUT2D eigenvalue weighted by Crippen LogP contribution is 2.21. The van der Waals surface area contributed by atoms with Crippen molar-refractivity contribution >= 4 is 35.3 Å². The summed E-state index contributed by atoms with van der Waals surface area (Å²) in [5.74, 6) is -2.95. The van der Waals surface area contributed by atoms with E-state index in [0.717, 1.165) is 30.6 Å². The summed E-state index contributed by atoms with van der Waals surface area (Å²) in [7, 11) is 0. The second-order valence-electron chi connectivity index (χ2n) is 7.49. The van der Waals surface area contributed by atoms with Gasteiger partial charge in [0.25, 0.3) is 5.91 Å². The Morgan fingerprint density at radius 2 is 1.72 bits per heavy atom. The molecule has 0 atom stereocenters. The zero-order valence-electron chi connectivity index (χ0n) is 16.4. The number of benzene rings is 1. The van der Waals surface area contributed by atoms with Crippen molar-refractivity contribution in [3.8, 4) is 0 Å². The minimum absolute atomic E-state index is 0.124. The molecule has 2 fully saturated rings. The third kappa shape index (κ3) is 4.28. The van der Waals surface area contributed by atoms with Gasteiger partial charge in [-0.25, -0.2) is 9.69 Å². The molecule has 1 aromatic rings. The van der Waals surface area contributed by atoms with Crippen molar-refractivity contribution in [2.45, 2.75) is 51.6 Å². The molecule has 0 radical (unpaired) electrons. The van der Waals surface area contributed by atoms with Crippen LogP contribution in [0, 0.1) is 0 Å². The zero-order valence-corrected chi connectivity index (χ0v) is 16.4. The summed E-state index contributed by atoms with van der Waals surface area (Å²) in [5.41, 5.74) is 0.575. The maximum absolute atomic E-state index is 12.6. The van der Waals surface area contributed by atoms with E-state index in [1.807, 2.05) is 0 Å². The first-order valence-corrected chi connectivity index (χ1v) is 9.68. The molecule has 0 aromatic heterocycles. The number of rotatable bonds is 6. The Kier molecular flexibility index (Phi) is 5.95. The minimum Gasteiger partial charge on any atom is -0.349 e. The fraction of sp³-hybridized carbons (Fsp3) is 0.450. The lowest BCUT2D eigenvalue weighted by Gasteiger charge is -2.18. The highest BCUT2D eigenvalue weighted by molar-refractivity contribution is 6.45. The van der Waals surface area contributed by atoms with E-state index in [1.54, 1.807) is 38.1 Å². The monoisotopic (exact) mass is 400 g/mol. The van der Waals surface area contributed by atoms with Gasteiger partial charge in [0, 0.05) is 12.1 Å². The van der Waals surface area contributed by atoms with Crippen LogP contribution in [0.2, 0.25) is 0 Å². The molecule has 29 heavy (non-hydrogen) atoms. The number of nitrogens with one attached hydrogen (secondary N) is 2. The van der Waals surface area contributed by atoms with Gasteiger partial charge >= 0.3 is 17.8 Å². The number of hydrogen-bond donors (Lipinski definition) is 2. The first-order valence-electron chi connectivity index (χ1n) is 9.68. The Bertz CT molecular complexity index is 860. The molecule has 0 bridgehead atoms. The summed E-state index contributed by atoms with van der Waals surface area (Å²) in [6.45, 7) is 2.60. The summed E-state index contributed by atoms with van der Waals surface area (Å²) < 4.78 is 0. The van der Waals surface area contributed by atoms with Crippen LogP contribution >= 0.6 is 0 Å². The molecular weight excluding hydrogens is 376 g/mol. The van der Waals surface area contributed by atoms with Crippen LogP contribution in [0.5, 0.6) is 0 Å². The molecule has 0 spiro atoms. The summed E-state index contributed by atoms with van der Waals surface area (Å²) in [6.07, 6.45) is 4.01. The summed E-state index contributed by atoms with van der Waals surface area (Å²) in [5, 5.41) is 5.53. The van der Waals surface area contributed by atoms with Crippen molar-refractivity contribution in [3.05, 3.63) is 29.8 Å². The van der Waals surface area contributed by atoms with Crippen molar-refractivity contribution in [1.29, 1.82) is 0 Å². The van der Waals surface area contributed by atoms with Gasteiger partial charge in [0.15, 0.2) is 0 Å². The van der Waals surface area contributed by atoms with Gasteiger partial charge < -0.3 is 10.6 Å². The molecule has 2 aliphatic rings. The lowest BCUT2D eigenvalue weighted by Crippen LogP contribution is -2.41. The molecule has 2 N–H and O–H groups in total. The quantitative estimate of drug-likeness (QED) is 0.554. The minimum atomic E-state index is -1.04. The van der Waals surface area contributed by atoms with Crippen molar-refractivity contribution in [2.24, 2.45) is 0 Å². The van der Waals surface area contributed by atoms with Crippen LogP contribution in [-0.4, -0.2) is 58.1 Å². The van der Waals surface area contributed by atoms with E-state index >= 15 is 0 Å². The van der Waals surface area contributed by atoms with E-state index in [1.165, 1.54) is 0 Å². The fourth-order valence-electron chi connectivity index (χ4n) is 3.57. The lowest BCUT2D eigenvalue weighted by atomic mass is 10.1. The molecule has 1 saturated carbocycles. The van der Waals surface area contributed by atoms with Gasteiger partial charge in [-0.15, -0.1) is 0 Å². The molecule has 1 aromatic carbocycles. The second-order valence-corrected chi connectivity index (χ2v) is 7.49. The van der Waals surface area contributed by atoms with Crippen LogP contribution in [-0.2, 0) is 14.4 Å². The van der Waals surface area contributed by atoms with Gasteiger partial charge in [-0.05, 0) is 38.8 Å². The normalized spacial score (nSPS) is 17.4. The molecule has 1 aliphatic carbocycles. The van der Waals surface area contributed by atoms with E-state index in [2.05, 4.69) is 10.6 Å². The topological polar surface area (TPSA) is 116 Å². The predicted octanol–water partition coefficient (Wildman–Crippen LogP) is 1.50. The van der Waals surface area contributed by atoms with E-state index in [9.17, 15) is 24.0 Å². The SMILES string of the molecule is CC(C)N1C(=O)C(=O)N(CC(=O)Nc2ccccc2C(=O)NC2CCCC2)C1=O. The smallest absolute Gasteiger partial charge is 0.334 e. The summed E-state index contributed by atoms with van der Waals surface area (Å²) in [4.78, 5) is 62.7. The van der Waals surface area contributed by atoms with E-state index < -0.39 is 36.3 Å². The highest BCUT2D eigenvalue weighted by atomic mass is 16.2. The van der Waals surface area contributed by atoms with Crippen molar-refractivity contribution in [3.63, 3.8) is 0 Å². The number of carbonyl (C=O) groups excluding carboxylic acids is 5. The largest absolute Gasteiger partial charge is 0.349 e. The maximum atomic E-state index is 12.6. The van der Waals surface area contributed by atoms with Gasteiger partial charge in [-0.3, -0.25) is 24.1 Å².